The molecule has 0 saturated carbocycles. The van der Waals surface area contributed by atoms with Gasteiger partial charge in [-0.15, -0.1) is 0 Å². The first-order valence-corrected chi connectivity index (χ1v) is 8.67. The van der Waals surface area contributed by atoms with Gasteiger partial charge in [0.15, 0.2) is 5.69 Å². The lowest BCUT2D eigenvalue weighted by Gasteiger charge is -2.14. The van der Waals surface area contributed by atoms with Crippen molar-refractivity contribution in [2.75, 3.05) is 23.4 Å². The summed E-state index contributed by atoms with van der Waals surface area (Å²) in [5.74, 6) is -0.449. The molecule has 2 aromatic carbocycles. The number of rotatable bonds is 5. The van der Waals surface area contributed by atoms with E-state index < -0.39 is 16.9 Å². The molecule has 146 valence electrons. The molecule has 3 aromatic rings. The van der Waals surface area contributed by atoms with Crippen LogP contribution < -0.4 is 10.2 Å². The minimum absolute atomic E-state index is 0.0683. The third-order valence-corrected chi connectivity index (χ3v) is 4.30. The fraction of sp³-hybridized carbons (Fsp3) is 0.105. The first kappa shape index (κ1) is 18.2. The lowest BCUT2D eigenvalue weighted by atomic mass is 10.2. The van der Waals surface area contributed by atoms with Crippen LogP contribution in [0.4, 0.5) is 21.9 Å². The fourth-order valence-electron chi connectivity index (χ4n) is 2.91. The van der Waals surface area contributed by atoms with Crippen LogP contribution in [0.3, 0.4) is 0 Å². The quantitative estimate of drug-likeness (QED) is 0.526. The molecule has 0 radical (unpaired) electrons. The molecular weight excluding hydrogens is 378 g/mol. The molecule has 0 unspecified atom stereocenters. The summed E-state index contributed by atoms with van der Waals surface area (Å²) in [4.78, 5) is 36.1. The van der Waals surface area contributed by atoms with Gasteiger partial charge in [-0.25, -0.2) is 9.48 Å². The number of nitrogens with zero attached hydrogens (tertiary/aromatic N) is 4. The van der Waals surface area contributed by atoms with Crippen LogP contribution in [0.25, 0.3) is 5.69 Å². The van der Waals surface area contributed by atoms with Gasteiger partial charge in [0, 0.05) is 29.7 Å². The second kappa shape index (κ2) is 7.43. The zero-order valence-corrected chi connectivity index (χ0v) is 15.0. The fourth-order valence-corrected chi connectivity index (χ4v) is 2.91. The highest BCUT2D eigenvalue weighted by Crippen LogP contribution is 2.23. The maximum atomic E-state index is 12.5. The number of carbonyl (C=O) groups is 2. The lowest BCUT2D eigenvalue weighted by molar-refractivity contribution is -0.384. The van der Waals surface area contributed by atoms with Gasteiger partial charge in [-0.1, -0.05) is 12.1 Å². The number of carbonyl (C=O) groups excluding carboxylic acids is 2. The van der Waals surface area contributed by atoms with Crippen LogP contribution in [0.5, 0.6) is 0 Å². The van der Waals surface area contributed by atoms with Crippen molar-refractivity contribution in [3.63, 3.8) is 0 Å². The monoisotopic (exact) mass is 393 g/mol. The van der Waals surface area contributed by atoms with E-state index >= 15 is 0 Å². The van der Waals surface area contributed by atoms with Gasteiger partial charge in [0.1, 0.15) is 6.61 Å². The standard InChI is InChI=1S/C19H15N5O5/c25-18(20-13-3-1-4-14(11-13)22-9-10-29-19(22)26)17-7-8-23(21-17)15-5-2-6-16(12-15)24(27)28/h1-8,11-12H,9-10H2,(H,20,25). The Kier molecular flexibility index (Phi) is 4.65. The number of hydrogen-bond acceptors (Lipinski definition) is 6. The normalized spacial score (nSPS) is 13.2. The molecule has 0 aliphatic carbocycles. The summed E-state index contributed by atoms with van der Waals surface area (Å²) in [6.07, 6.45) is 1.12. The molecule has 1 aromatic heterocycles. The summed E-state index contributed by atoms with van der Waals surface area (Å²) in [5.41, 5.74) is 1.65. The van der Waals surface area contributed by atoms with Crippen LogP contribution in [0.1, 0.15) is 10.5 Å². The molecule has 1 aliphatic heterocycles. The smallest absolute Gasteiger partial charge is 0.414 e. The van der Waals surface area contributed by atoms with Crippen molar-refractivity contribution >= 4 is 29.1 Å². The molecule has 2 amide bonds. The third-order valence-electron chi connectivity index (χ3n) is 4.30. The van der Waals surface area contributed by atoms with Gasteiger partial charge in [0.05, 0.1) is 17.2 Å². The molecular formula is C19H15N5O5. The van der Waals surface area contributed by atoms with E-state index in [1.54, 1.807) is 42.6 Å². The van der Waals surface area contributed by atoms with Crippen LogP contribution in [-0.2, 0) is 4.74 Å². The number of ether oxygens (including phenoxy) is 1. The summed E-state index contributed by atoms with van der Waals surface area (Å²) >= 11 is 0. The van der Waals surface area contributed by atoms with Crippen LogP contribution in [0.15, 0.2) is 60.8 Å². The van der Waals surface area contributed by atoms with E-state index in [1.165, 1.54) is 27.8 Å². The summed E-state index contributed by atoms with van der Waals surface area (Å²) in [6.45, 7) is 0.772. The second-order valence-electron chi connectivity index (χ2n) is 6.19. The van der Waals surface area contributed by atoms with Crippen molar-refractivity contribution in [3.8, 4) is 5.69 Å². The van der Waals surface area contributed by atoms with Crippen molar-refractivity contribution in [2.24, 2.45) is 0 Å². The maximum absolute atomic E-state index is 12.5. The Bertz CT molecular complexity index is 1110. The van der Waals surface area contributed by atoms with Gasteiger partial charge in [-0.2, -0.15) is 5.10 Å². The van der Waals surface area contributed by atoms with E-state index in [1.807, 2.05) is 0 Å². The number of amides is 2. The minimum Gasteiger partial charge on any atom is -0.447 e. The Morgan fingerprint density at radius 3 is 2.69 bits per heavy atom. The molecule has 0 atom stereocenters. The van der Waals surface area contributed by atoms with E-state index in [0.717, 1.165) is 0 Å². The number of non-ortho nitro benzene ring substituents is 1. The molecule has 0 spiro atoms. The molecule has 1 saturated heterocycles. The van der Waals surface area contributed by atoms with Crippen molar-refractivity contribution in [2.45, 2.75) is 0 Å². The largest absolute Gasteiger partial charge is 0.447 e. The predicted molar refractivity (Wildman–Crippen MR) is 103 cm³/mol. The third kappa shape index (κ3) is 3.76. The average molecular weight is 393 g/mol. The van der Waals surface area contributed by atoms with Gasteiger partial charge in [0.2, 0.25) is 0 Å². The van der Waals surface area contributed by atoms with E-state index in [-0.39, 0.29) is 11.4 Å². The van der Waals surface area contributed by atoms with Crippen LogP contribution in [0.2, 0.25) is 0 Å². The van der Waals surface area contributed by atoms with E-state index in [2.05, 4.69) is 10.4 Å². The molecule has 2 heterocycles. The number of cyclic esters (lactones) is 1. The highest BCUT2D eigenvalue weighted by atomic mass is 16.6. The van der Waals surface area contributed by atoms with Crippen LogP contribution in [-0.4, -0.2) is 39.9 Å². The first-order valence-electron chi connectivity index (χ1n) is 8.67. The van der Waals surface area contributed by atoms with E-state index in [4.69, 9.17) is 4.74 Å². The SMILES string of the molecule is O=C(Nc1cccc(N2CCOC2=O)c1)c1ccn(-c2cccc([N+](=O)[O-])c2)n1. The topological polar surface area (TPSA) is 120 Å². The second-order valence-corrected chi connectivity index (χ2v) is 6.19. The van der Waals surface area contributed by atoms with Gasteiger partial charge in [-0.3, -0.25) is 19.8 Å². The summed E-state index contributed by atoms with van der Waals surface area (Å²) in [5, 5.41) is 17.8. The van der Waals surface area contributed by atoms with Crippen LogP contribution >= 0.6 is 0 Å². The number of benzene rings is 2. The zero-order valence-electron chi connectivity index (χ0n) is 15.0. The molecule has 1 fully saturated rings. The number of nitrogens with one attached hydrogen (secondary N) is 1. The molecule has 29 heavy (non-hydrogen) atoms. The number of nitro groups is 1. The summed E-state index contributed by atoms with van der Waals surface area (Å²) in [6, 6.07) is 14.3. The van der Waals surface area contributed by atoms with Gasteiger partial charge in [0.25, 0.3) is 11.6 Å². The van der Waals surface area contributed by atoms with Crippen molar-refractivity contribution < 1.29 is 19.2 Å². The number of hydrogen-bond donors (Lipinski definition) is 1. The maximum Gasteiger partial charge on any atom is 0.414 e. The van der Waals surface area contributed by atoms with Crippen LogP contribution in [0, 0.1) is 10.1 Å². The number of anilines is 2. The Morgan fingerprint density at radius 1 is 1.14 bits per heavy atom. The average Bonchev–Trinajstić information content (AvgIpc) is 3.37. The Morgan fingerprint density at radius 2 is 1.93 bits per heavy atom. The highest BCUT2D eigenvalue weighted by molar-refractivity contribution is 6.03. The minimum atomic E-state index is -0.496. The van der Waals surface area contributed by atoms with Gasteiger partial charge < -0.3 is 10.1 Å². The Balaban J connectivity index is 1.51. The highest BCUT2D eigenvalue weighted by Gasteiger charge is 2.23. The van der Waals surface area contributed by atoms with Crippen molar-refractivity contribution in [1.82, 2.24) is 9.78 Å². The summed E-state index contributed by atoms with van der Waals surface area (Å²) < 4.78 is 6.31. The van der Waals surface area contributed by atoms with Gasteiger partial charge >= 0.3 is 6.09 Å². The van der Waals surface area contributed by atoms with Crippen molar-refractivity contribution in [3.05, 3.63) is 76.6 Å². The lowest BCUT2D eigenvalue weighted by Crippen LogP contribution is -2.23. The predicted octanol–water partition coefficient (Wildman–Crippen LogP) is 2.99. The van der Waals surface area contributed by atoms with E-state index in [0.29, 0.717) is 30.2 Å². The molecule has 10 nitrogen and oxygen atoms in total. The number of aromatic nitrogens is 2. The van der Waals surface area contributed by atoms with Crippen molar-refractivity contribution in [1.29, 1.82) is 0 Å². The molecule has 1 N–H and O–H groups in total. The zero-order chi connectivity index (χ0) is 20.4. The Hall–Kier alpha value is -4.21. The molecule has 4 rings (SSSR count). The molecule has 1 aliphatic rings. The number of nitro benzene ring substituents is 1. The molecule has 0 bridgehead atoms. The molecule has 10 heteroatoms. The van der Waals surface area contributed by atoms with Gasteiger partial charge in [-0.05, 0) is 30.3 Å². The Labute approximate surface area is 164 Å². The summed E-state index contributed by atoms with van der Waals surface area (Å²) in [7, 11) is 0. The first-order chi connectivity index (χ1) is 14.0. The van der Waals surface area contributed by atoms with E-state index in [9.17, 15) is 19.7 Å².